The van der Waals surface area contributed by atoms with Gasteiger partial charge in [-0.25, -0.2) is 0 Å². The molecule has 64 valence electrons. The fourth-order valence-corrected chi connectivity index (χ4v) is 2.90. The largest absolute Gasteiger partial charge is 0.299 e. The average molecular weight is 192 g/mol. The second-order valence-electron chi connectivity index (χ2n) is 4.92. The first-order valence-electron chi connectivity index (χ1n) is 4.52. The van der Waals surface area contributed by atoms with Crippen LogP contribution in [0.15, 0.2) is 0 Å². The number of carbonyl (C=O) groups is 1. The number of fused-ring (bicyclic) bond motifs is 2. The van der Waals surface area contributed by atoms with Gasteiger partial charge in [0.15, 0.2) is 0 Å². The third-order valence-electron chi connectivity index (χ3n) is 4.48. The SMILES string of the molecule is CC12CCC(CC1=O)C2(C)C.[Ca]. The summed E-state index contributed by atoms with van der Waals surface area (Å²) in [6.45, 7) is 6.67. The minimum Gasteiger partial charge on any atom is -0.299 e. The third kappa shape index (κ3) is 1.06. The van der Waals surface area contributed by atoms with Crippen LogP contribution < -0.4 is 0 Å². The maximum atomic E-state index is 11.6. The van der Waals surface area contributed by atoms with E-state index in [2.05, 4.69) is 20.8 Å². The molecular formula is C10H16CaO. The van der Waals surface area contributed by atoms with Crippen LogP contribution in [0.4, 0.5) is 0 Å². The van der Waals surface area contributed by atoms with E-state index in [4.69, 9.17) is 0 Å². The molecule has 2 aliphatic carbocycles. The molecule has 0 aromatic rings. The summed E-state index contributed by atoms with van der Waals surface area (Å²) >= 11 is 0. The molecule has 0 aromatic carbocycles. The molecule has 2 rings (SSSR count). The first kappa shape index (κ1) is 11.0. The Labute approximate surface area is 104 Å². The third-order valence-corrected chi connectivity index (χ3v) is 4.48. The predicted molar refractivity (Wildman–Crippen MR) is 50.0 cm³/mol. The van der Waals surface area contributed by atoms with Crippen LogP contribution in [0.25, 0.3) is 0 Å². The molecule has 0 N–H and O–H groups in total. The second-order valence-corrected chi connectivity index (χ2v) is 4.92. The van der Waals surface area contributed by atoms with Gasteiger partial charge < -0.3 is 0 Å². The molecule has 2 bridgehead atoms. The number of hydrogen-bond donors (Lipinski definition) is 0. The molecule has 0 aliphatic heterocycles. The molecule has 12 heavy (non-hydrogen) atoms. The molecule has 0 saturated heterocycles. The summed E-state index contributed by atoms with van der Waals surface area (Å²) in [5, 5.41) is 0. The molecule has 0 amide bonds. The second kappa shape index (κ2) is 2.96. The topological polar surface area (TPSA) is 17.1 Å². The first-order chi connectivity index (χ1) is 4.98. The monoisotopic (exact) mass is 192 g/mol. The maximum Gasteiger partial charge on any atom is 0.139 e. The van der Waals surface area contributed by atoms with E-state index in [0.29, 0.717) is 11.7 Å². The minimum absolute atomic E-state index is 0. The minimum atomic E-state index is 0. The number of hydrogen-bond acceptors (Lipinski definition) is 1. The molecule has 0 spiro atoms. The molecule has 2 aliphatic rings. The van der Waals surface area contributed by atoms with Crippen LogP contribution in [0.3, 0.4) is 0 Å². The van der Waals surface area contributed by atoms with Crippen molar-refractivity contribution in [2.24, 2.45) is 16.7 Å². The van der Waals surface area contributed by atoms with Crippen molar-refractivity contribution in [2.75, 3.05) is 0 Å². The Hall–Kier alpha value is 0.930. The van der Waals surface area contributed by atoms with E-state index in [-0.39, 0.29) is 48.6 Å². The number of Topliss-reactive ketones (excluding diaryl/α,β-unsaturated/α-hetero) is 1. The van der Waals surface area contributed by atoms with Crippen LogP contribution in [-0.2, 0) is 4.79 Å². The summed E-state index contributed by atoms with van der Waals surface area (Å²) in [6, 6.07) is 0. The van der Waals surface area contributed by atoms with Gasteiger partial charge in [-0.15, -0.1) is 0 Å². The van der Waals surface area contributed by atoms with E-state index in [0.717, 1.165) is 12.8 Å². The average Bonchev–Trinajstić information content (AvgIpc) is 2.20. The quantitative estimate of drug-likeness (QED) is 0.537. The molecule has 0 aromatic heterocycles. The number of rotatable bonds is 0. The fraction of sp³-hybridized carbons (Fsp3) is 0.900. The first-order valence-corrected chi connectivity index (χ1v) is 4.52. The molecule has 2 unspecified atom stereocenters. The van der Waals surface area contributed by atoms with E-state index in [9.17, 15) is 4.79 Å². The van der Waals surface area contributed by atoms with Crippen molar-refractivity contribution in [3.8, 4) is 0 Å². The number of ketones is 1. The predicted octanol–water partition coefficient (Wildman–Crippen LogP) is 2.02. The summed E-state index contributed by atoms with van der Waals surface area (Å²) in [7, 11) is 0. The molecule has 1 nitrogen and oxygen atoms in total. The van der Waals surface area contributed by atoms with Crippen LogP contribution in [-0.4, -0.2) is 43.5 Å². The smallest absolute Gasteiger partial charge is 0.139 e. The maximum absolute atomic E-state index is 11.6. The van der Waals surface area contributed by atoms with E-state index < -0.39 is 0 Å². The van der Waals surface area contributed by atoms with Gasteiger partial charge in [-0.1, -0.05) is 20.8 Å². The summed E-state index contributed by atoms with van der Waals surface area (Å²) < 4.78 is 0. The normalized spacial score (nSPS) is 42.9. The molecule has 2 atom stereocenters. The standard InChI is InChI=1S/C10H16O.Ca/c1-9(2)7-4-5-10(9,3)8(11)6-7;/h7H,4-6H2,1-3H3;. The summed E-state index contributed by atoms with van der Waals surface area (Å²) in [5.74, 6) is 1.19. The van der Waals surface area contributed by atoms with Gasteiger partial charge in [-0.3, -0.25) is 4.79 Å². The van der Waals surface area contributed by atoms with Crippen molar-refractivity contribution in [3.05, 3.63) is 0 Å². The zero-order valence-electron chi connectivity index (χ0n) is 8.31. The van der Waals surface area contributed by atoms with Crippen molar-refractivity contribution in [1.82, 2.24) is 0 Å². The molecule has 2 heteroatoms. The van der Waals surface area contributed by atoms with Gasteiger partial charge in [0.25, 0.3) is 0 Å². The Balaban J connectivity index is 0.000000720. The van der Waals surface area contributed by atoms with Crippen LogP contribution >= 0.6 is 0 Å². The van der Waals surface area contributed by atoms with Gasteiger partial charge in [0.05, 0.1) is 0 Å². The molecular weight excluding hydrogens is 176 g/mol. The van der Waals surface area contributed by atoms with E-state index in [1.807, 2.05) is 0 Å². The van der Waals surface area contributed by atoms with Gasteiger partial charge in [0.2, 0.25) is 0 Å². The van der Waals surface area contributed by atoms with E-state index in [1.54, 1.807) is 0 Å². The zero-order chi connectivity index (χ0) is 8.28. The Morgan fingerprint density at radius 2 is 1.92 bits per heavy atom. The van der Waals surface area contributed by atoms with Gasteiger partial charge in [0, 0.05) is 49.6 Å². The number of carbonyl (C=O) groups excluding carboxylic acids is 1. The van der Waals surface area contributed by atoms with Crippen molar-refractivity contribution >= 4 is 43.5 Å². The van der Waals surface area contributed by atoms with Gasteiger partial charge in [-0.2, -0.15) is 0 Å². The Bertz CT molecular complexity index is 222. The van der Waals surface area contributed by atoms with Crippen molar-refractivity contribution < 1.29 is 4.79 Å². The summed E-state index contributed by atoms with van der Waals surface area (Å²) in [6.07, 6.45) is 3.25. The van der Waals surface area contributed by atoms with Crippen LogP contribution in [0.5, 0.6) is 0 Å². The molecule has 2 fully saturated rings. The fourth-order valence-electron chi connectivity index (χ4n) is 2.90. The Morgan fingerprint density at radius 3 is 2.08 bits per heavy atom. The molecule has 0 heterocycles. The van der Waals surface area contributed by atoms with Crippen LogP contribution in [0.1, 0.15) is 40.0 Å². The van der Waals surface area contributed by atoms with E-state index in [1.165, 1.54) is 6.42 Å². The Kier molecular flexibility index (Phi) is 2.72. The van der Waals surface area contributed by atoms with Gasteiger partial charge in [0.1, 0.15) is 5.78 Å². The van der Waals surface area contributed by atoms with Crippen LogP contribution in [0.2, 0.25) is 0 Å². The van der Waals surface area contributed by atoms with Crippen molar-refractivity contribution in [2.45, 2.75) is 40.0 Å². The Morgan fingerprint density at radius 1 is 1.33 bits per heavy atom. The van der Waals surface area contributed by atoms with Gasteiger partial charge in [-0.05, 0) is 24.2 Å². The molecule has 2 radical (unpaired) electrons. The zero-order valence-corrected chi connectivity index (χ0v) is 10.5. The van der Waals surface area contributed by atoms with Gasteiger partial charge >= 0.3 is 0 Å². The summed E-state index contributed by atoms with van der Waals surface area (Å²) in [4.78, 5) is 11.6. The summed E-state index contributed by atoms with van der Waals surface area (Å²) in [5.41, 5.74) is 0.307. The van der Waals surface area contributed by atoms with E-state index >= 15 is 0 Å². The van der Waals surface area contributed by atoms with Crippen molar-refractivity contribution in [3.63, 3.8) is 0 Å². The molecule has 2 saturated carbocycles. The van der Waals surface area contributed by atoms with Crippen LogP contribution in [0, 0.1) is 16.7 Å². The van der Waals surface area contributed by atoms with Crippen molar-refractivity contribution in [1.29, 1.82) is 0 Å².